The summed E-state index contributed by atoms with van der Waals surface area (Å²) in [5, 5.41) is 11.5. The average Bonchev–Trinajstić information content (AvgIpc) is 3.07. The minimum atomic E-state index is -0.440. The van der Waals surface area contributed by atoms with Crippen molar-refractivity contribution < 1.29 is 14.5 Å². The molecule has 3 rings (SSSR count). The van der Waals surface area contributed by atoms with Crippen molar-refractivity contribution >= 4 is 23.0 Å². The van der Waals surface area contributed by atoms with E-state index in [0.29, 0.717) is 17.0 Å². The number of carbonyl (C=O) groups excluding carboxylic acids is 1. The van der Waals surface area contributed by atoms with Gasteiger partial charge < -0.3 is 4.74 Å². The van der Waals surface area contributed by atoms with Crippen molar-refractivity contribution in [3.05, 3.63) is 80.8 Å². The van der Waals surface area contributed by atoms with Crippen molar-refractivity contribution in [1.29, 1.82) is 0 Å². The van der Waals surface area contributed by atoms with Crippen LogP contribution in [-0.4, -0.2) is 22.5 Å². The molecular formula is C19H16N2O4S. The lowest BCUT2D eigenvalue weighted by molar-refractivity contribution is -0.384. The number of aromatic nitrogens is 1. The molecule has 6 nitrogen and oxygen atoms in total. The average molecular weight is 368 g/mol. The van der Waals surface area contributed by atoms with E-state index in [2.05, 4.69) is 4.98 Å². The molecule has 1 heterocycles. The molecule has 0 fully saturated rings. The molecule has 0 spiro atoms. The van der Waals surface area contributed by atoms with Gasteiger partial charge >= 0.3 is 5.97 Å². The minimum absolute atomic E-state index is 0.0302. The van der Waals surface area contributed by atoms with E-state index >= 15 is 0 Å². The summed E-state index contributed by atoms with van der Waals surface area (Å²) in [5.74, 6) is -0.399. The standard InChI is InChI=1S/C19H16N2O4S/c1-2-25-19(22)17-16(12-13-8-10-15(11-9-13)21(23)24)20-18(26-17)14-6-4-3-5-7-14/h3-11H,2,12H2,1H3. The Morgan fingerprint density at radius 1 is 1.15 bits per heavy atom. The summed E-state index contributed by atoms with van der Waals surface area (Å²) in [6, 6.07) is 15.9. The zero-order valence-corrected chi connectivity index (χ0v) is 14.9. The molecular weight excluding hydrogens is 352 g/mol. The number of carbonyl (C=O) groups is 1. The van der Waals surface area contributed by atoms with Gasteiger partial charge in [-0.1, -0.05) is 42.5 Å². The quantitative estimate of drug-likeness (QED) is 0.364. The van der Waals surface area contributed by atoms with Crippen molar-refractivity contribution in [2.45, 2.75) is 13.3 Å². The number of rotatable bonds is 6. The van der Waals surface area contributed by atoms with Crippen LogP contribution in [0.1, 0.15) is 27.9 Å². The van der Waals surface area contributed by atoms with Crippen LogP contribution in [0.25, 0.3) is 10.6 Å². The molecule has 0 aliphatic rings. The molecule has 0 bridgehead atoms. The van der Waals surface area contributed by atoms with Gasteiger partial charge in [0.25, 0.3) is 5.69 Å². The lowest BCUT2D eigenvalue weighted by Crippen LogP contribution is -2.06. The fourth-order valence-corrected chi connectivity index (χ4v) is 3.44. The number of thiazole rings is 1. The smallest absolute Gasteiger partial charge is 0.350 e. The number of hydrogen-bond donors (Lipinski definition) is 0. The van der Waals surface area contributed by atoms with Crippen LogP contribution in [-0.2, 0) is 11.2 Å². The third kappa shape index (κ3) is 3.94. The summed E-state index contributed by atoms with van der Waals surface area (Å²) in [5.41, 5.74) is 2.41. The third-order valence-corrected chi connectivity index (χ3v) is 4.82. The lowest BCUT2D eigenvalue weighted by atomic mass is 10.1. The first-order valence-corrected chi connectivity index (χ1v) is 8.85. The van der Waals surface area contributed by atoms with Gasteiger partial charge in [0.15, 0.2) is 0 Å². The van der Waals surface area contributed by atoms with E-state index in [9.17, 15) is 14.9 Å². The SMILES string of the molecule is CCOC(=O)c1sc(-c2ccccc2)nc1Cc1ccc([N+](=O)[O-])cc1. The van der Waals surface area contributed by atoms with E-state index < -0.39 is 10.9 Å². The van der Waals surface area contributed by atoms with E-state index in [1.54, 1.807) is 19.1 Å². The maximum atomic E-state index is 12.3. The van der Waals surface area contributed by atoms with Crippen molar-refractivity contribution in [2.24, 2.45) is 0 Å². The van der Waals surface area contributed by atoms with Crippen LogP contribution in [0.3, 0.4) is 0 Å². The second-order valence-corrected chi connectivity index (χ2v) is 6.48. The van der Waals surface area contributed by atoms with Crippen LogP contribution < -0.4 is 0 Å². The zero-order chi connectivity index (χ0) is 18.5. The molecule has 26 heavy (non-hydrogen) atoms. The first-order valence-electron chi connectivity index (χ1n) is 8.04. The second-order valence-electron chi connectivity index (χ2n) is 5.48. The topological polar surface area (TPSA) is 82.3 Å². The predicted octanol–water partition coefficient (Wildman–Crippen LogP) is 4.49. The highest BCUT2D eigenvalue weighted by Crippen LogP contribution is 2.30. The van der Waals surface area contributed by atoms with Crippen LogP contribution >= 0.6 is 11.3 Å². The van der Waals surface area contributed by atoms with Gasteiger partial charge in [0.05, 0.1) is 17.2 Å². The van der Waals surface area contributed by atoms with Crippen molar-refractivity contribution in [2.75, 3.05) is 6.61 Å². The summed E-state index contributed by atoms with van der Waals surface area (Å²) in [6.07, 6.45) is 0.398. The van der Waals surface area contributed by atoms with Crippen LogP contribution in [0, 0.1) is 10.1 Å². The Kier molecular flexibility index (Phi) is 5.38. The molecule has 2 aromatic carbocycles. The Balaban J connectivity index is 1.94. The maximum Gasteiger partial charge on any atom is 0.350 e. The van der Waals surface area contributed by atoms with E-state index in [-0.39, 0.29) is 12.3 Å². The van der Waals surface area contributed by atoms with Crippen molar-refractivity contribution in [3.8, 4) is 10.6 Å². The minimum Gasteiger partial charge on any atom is -0.462 e. The molecule has 1 aromatic heterocycles. The van der Waals surface area contributed by atoms with Gasteiger partial charge in [0.1, 0.15) is 9.88 Å². The summed E-state index contributed by atoms with van der Waals surface area (Å²) >= 11 is 1.29. The Hall–Kier alpha value is -3.06. The summed E-state index contributed by atoms with van der Waals surface area (Å²) in [7, 11) is 0. The number of nitro groups is 1. The number of hydrogen-bond acceptors (Lipinski definition) is 6. The molecule has 0 atom stereocenters. The van der Waals surface area contributed by atoms with E-state index in [4.69, 9.17) is 4.74 Å². The molecule has 7 heteroatoms. The Morgan fingerprint density at radius 3 is 2.46 bits per heavy atom. The first-order chi connectivity index (χ1) is 12.6. The monoisotopic (exact) mass is 368 g/mol. The molecule has 0 amide bonds. The fraction of sp³-hybridized carbons (Fsp3) is 0.158. The molecule has 0 saturated heterocycles. The van der Waals surface area contributed by atoms with Gasteiger partial charge in [-0.15, -0.1) is 11.3 Å². The third-order valence-electron chi connectivity index (χ3n) is 3.70. The molecule has 132 valence electrons. The lowest BCUT2D eigenvalue weighted by Gasteiger charge is -2.02. The summed E-state index contributed by atoms with van der Waals surface area (Å²) in [6.45, 7) is 2.04. The molecule has 0 radical (unpaired) electrons. The maximum absolute atomic E-state index is 12.3. The normalized spacial score (nSPS) is 10.5. The van der Waals surface area contributed by atoms with Gasteiger partial charge in [0, 0.05) is 24.1 Å². The fourth-order valence-electron chi connectivity index (χ4n) is 2.46. The number of nitrogens with zero attached hydrogens (tertiary/aromatic N) is 2. The number of benzene rings is 2. The van der Waals surface area contributed by atoms with Crippen molar-refractivity contribution in [1.82, 2.24) is 4.98 Å². The Bertz CT molecular complexity index is 920. The molecule has 0 aliphatic heterocycles. The van der Waals surface area contributed by atoms with Gasteiger partial charge in [0.2, 0.25) is 0 Å². The van der Waals surface area contributed by atoms with Gasteiger partial charge in [-0.3, -0.25) is 10.1 Å². The van der Waals surface area contributed by atoms with Gasteiger partial charge in [-0.25, -0.2) is 9.78 Å². The van der Waals surface area contributed by atoms with Gasteiger partial charge in [-0.05, 0) is 12.5 Å². The Labute approximate surface area is 154 Å². The highest BCUT2D eigenvalue weighted by atomic mass is 32.1. The first kappa shape index (κ1) is 17.8. The summed E-state index contributed by atoms with van der Waals surface area (Å²) in [4.78, 5) is 27.7. The highest BCUT2D eigenvalue weighted by molar-refractivity contribution is 7.17. The van der Waals surface area contributed by atoms with Crippen LogP contribution in [0.15, 0.2) is 54.6 Å². The van der Waals surface area contributed by atoms with Gasteiger partial charge in [-0.2, -0.15) is 0 Å². The number of esters is 1. The van der Waals surface area contributed by atoms with E-state index in [1.165, 1.54) is 23.5 Å². The molecule has 0 unspecified atom stereocenters. The van der Waals surface area contributed by atoms with Crippen molar-refractivity contribution in [3.63, 3.8) is 0 Å². The van der Waals surface area contributed by atoms with E-state index in [0.717, 1.165) is 16.1 Å². The number of non-ortho nitro benzene ring substituents is 1. The second kappa shape index (κ2) is 7.88. The number of ether oxygens (including phenoxy) is 1. The van der Waals surface area contributed by atoms with E-state index in [1.807, 2.05) is 30.3 Å². The highest BCUT2D eigenvalue weighted by Gasteiger charge is 2.20. The summed E-state index contributed by atoms with van der Waals surface area (Å²) < 4.78 is 5.15. The van der Waals surface area contributed by atoms with Crippen LogP contribution in [0.5, 0.6) is 0 Å². The largest absolute Gasteiger partial charge is 0.462 e. The predicted molar refractivity (Wildman–Crippen MR) is 99.4 cm³/mol. The molecule has 3 aromatic rings. The zero-order valence-electron chi connectivity index (χ0n) is 14.0. The molecule has 0 aliphatic carbocycles. The van der Waals surface area contributed by atoms with Crippen LogP contribution in [0.2, 0.25) is 0 Å². The Morgan fingerprint density at radius 2 is 1.85 bits per heavy atom. The molecule has 0 N–H and O–H groups in total. The van der Waals surface area contributed by atoms with Crippen LogP contribution in [0.4, 0.5) is 5.69 Å². The molecule has 0 saturated carbocycles. The number of nitro benzene ring substituents is 1.